The monoisotopic (exact) mass is 375 g/mol. The number of hydrogen-bond donors (Lipinski definition) is 2. The first-order valence-corrected chi connectivity index (χ1v) is 6.50. The normalized spacial score (nSPS) is 15.6. The Morgan fingerprint density at radius 1 is 1.42 bits per heavy atom. The molecule has 106 valence electrons. The fourth-order valence-corrected chi connectivity index (χ4v) is 1.84. The maximum Gasteiger partial charge on any atom is 0.191 e. The lowest BCUT2D eigenvalue weighted by atomic mass is 10.2. The summed E-state index contributed by atoms with van der Waals surface area (Å²) < 4.78 is 5.89. The van der Waals surface area contributed by atoms with Gasteiger partial charge in [-0.15, -0.1) is 24.0 Å². The molecule has 0 aromatic heterocycles. The molecule has 1 heterocycles. The number of hydrogen-bond acceptors (Lipinski definition) is 4. The van der Waals surface area contributed by atoms with Crippen LogP contribution in [-0.4, -0.2) is 31.7 Å². The number of halogens is 1. The van der Waals surface area contributed by atoms with Crippen LogP contribution < -0.4 is 15.4 Å². The van der Waals surface area contributed by atoms with Crippen LogP contribution in [0.1, 0.15) is 18.9 Å². The minimum atomic E-state index is 0. The SMILES string of the molecule is Cc1ccccc1OC(C)CNC1=NCCCN1.I. The van der Waals surface area contributed by atoms with Crippen molar-refractivity contribution in [3.8, 4) is 5.75 Å². The molecule has 1 aromatic rings. The van der Waals surface area contributed by atoms with E-state index in [1.54, 1.807) is 0 Å². The van der Waals surface area contributed by atoms with E-state index < -0.39 is 0 Å². The Labute approximate surface area is 132 Å². The van der Waals surface area contributed by atoms with Crippen molar-refractivity contribution in [2.24, 2.45) is 4.99 Å². The van der Waals surface area contributed by atoms with Gasteiger partial charge < -0.3 is 15.4 Å². The zero-order chi connectivity index (χ0) is 12.8. The van der Waals surface area contributed by atoms with E-state index in [1.807, 2.05) is 18.2 Å². The number of nitrogens with zero attached hydrogens (tertiary/aromatic N) is 1. The predicted molar refractivity (Wildman–Crippen MR) is 89.6 cm³/mol. The topological polar surface area (TPSA) is 45.6 Å². The second-order valence-corrected chi connectivity index (χ2v) is 4.59. The Morgan fingerprint density at radius 2 is 2.21 bits per heavy atom. The van der Waals surface area contributed by atoms with E-state index in [9.17, 15) is 0 Å². The van der Waals surface area contributed by atoms with E-state index in [2.05, 4.69) is 35.5 Å². The molecule has 1 aliphatic heterocycles. The average Bonchev–Trinajstić information content (AvgIpc) is 2.40. The van der Waals surface area contributed by atoms with Gasteiger partial charge in [0.25, 0.3) is 0 Å². The summed E-state index contributed by atoms with van der Waals surface area (Å²) in [5, 5.41) is 6.51. The van der Waals surface area contributed by atoms with Gasteiger partial charge in [0, 0.05) is 13.1 Å². The molecule has 0 spiro atoms. The third kappa shape index (κ3) is 5.26. The van der Waals surface area contributed by atoms with E-state index in [-0.39, 0.29) is 30.1 Å². The molecule has 0 fully saturated rings. The molecule has 2 N–H and O–H groups in total. The van der Waals surface area contributed by atoms with E-state index in [0.29, 0.717) is 0 Å². The molecule has 4 nitrogen and oxygen atoms in total. The minimum absolute atomic E-state index is 0. The van der Waals surface area contributed by atoms with E-state index in [1.165, 1.54) is 0 Å². The van der Waals surface area contributed by atoms with Gasteiger partial charge in [-0.05, 0) is 31.9 Å². The van der Waals surface area contributed by atoms with Crippen LogP contribution in [0, 0.1) is 6.92 Å². The Bertz CT molecular complexity index is 423. The summed E-state index contributed by atoms with van der Waals surface area (Å²) in [4.78, 5) is 4.36. The van der Waals surface area contributed by atoms with Crippen molar-refractivity contribution in [1.29, 1.82) is 0 Å². The summed E-state index contributed by atoms with van der Waals surface area (Å²) in [5.41, 5.74) is 1.16. The number of benzene rings is 1. The van der Waals surface area contributed by atoms with Gasteiger partial charge in [-0.1, -0.05) is 18.2 Å². The molecule has 1 atom stereocenters. The standard InChI is InChI=1S/C14H21N3O.HI/c1-11-6-3-4-7-13(11)18-12(2)10-17-14-15-8-5-9-16-14;/h3-4,6-7,12H,5,8-10H2,1-2H3,(H2,15,16,17);1H. The van der Waals surface area contributed by atoms with Crippen molar-refractivity contribution in [2.45, 2.75) is 26.4 Å². The lowest BCUT2D eigenvalue weighted by molar-refractivity contribution is 0.222. The van der Waals surface area contributed by atoms with Gasteiger partial charge in [0.15, 0.2) is 5.96 Å². The highest BCUT2D eigenvalue weighted by molar-refractivity contribution is 14.0. The number of para-hydroxylation sites is 1. The Hall–Kier alpha value is -0.980. The van der Waals surface area contributed by atoms with Crippen molar-refractivity contribution >= 4 is 29.9 Å². The predicted octanol–water partition coefficient (Wildman–Crippen LogP) is 2.32. The highest BCUT2D eigenvalue weighted by Crippen LogP contribution is 2.17. The van der Waals surface area contributed by atoms with Crippen molar-refractivity contribution in [1.82, 2.24) is 10.6 Å². The van der Waals surface area contributed by atoms with Gasteiger partial charge in [0.05, 0.1) is 6.54 Å². The summed E-state index contributed by atoms with van der Waals surface area (Å²) in [6.45, 7) is 6.77. The molecule has 1 aromatic carbocycles. The Kier molecular flexibility index (Phi) is 6.97. The molecular formula is C14H22IN3O. The van der Waals surface area contributed by atoms with E-state index in [4.69, 9.17) is 4.74 Å². The Morgan fingerprint density at radius 3 is 2.89 bits per heavy atom. The largest absolute Gasteiger partial charge is 0.489 e. The van der Waals surface area contributed by atoms with Gasteiger partial charge in [0.2, 0.25) is 0 Å². The smallest absolute Gasteiger partial charge is 0.191 e. The van der Waals surface area contributed by atoms with Gasteiger partial charge in [0.1, 0.15) is 11.9 Å². The zero-order valence-corrected chi connectivity index (χ0v) is 13.8. The lowest BCUT2D eigenvalue weighted by Crippen LogP contribution is -2.44. The second-order valence-electron chi connectivity index (χ2n) is 4.59. The number of aliphatic imine (C=N–C) groups is 1. The second kappa shape index (κ2) is 8.24. The van der Waals surface area contributed by atoms with Crippen LogP contribution >= 0.6 is 24.0 Å². The van der Waals surface area contributed by atoms with Crippen molar-refractivity contribution in [3.05, 3.63) is 29.8 Å². The van der Waals surface area contributed by atoms with Crippen LogP contribution in [-0.2, 0) is 0 Å². The number of ether oxygens (including phenoxy) is 1. The van der Waals surface area contributed by atoms with Gasteiger partial charge in [-0.25, -0.2) is 0 Å². The first-order chi connectivity index (χ1) is 8.75. The summed E-state index contributed by atoms with van der Waals surface area (Å²) >= 11 is 0. The van der Waals surface area contributed by atoms with Crippen LogP contribution in [0.15, 0.2) is 29.3 Å². The van der Waals surface area contributed by atoms with Gasteiger partial charge in [-0.3, -0.25) is 4.99 Å². The molecule has 0 amide bonds. The molecule has 19 heavy (non-hydrogen) atoms. The first kappa shape index (κ1) is 16.1. The molecule has 1 unspecified atom stereocenters. The maximum absolute atomic E-state index is 5.89. The summed E-state index contributed by atoms with van der Waals surface area (Å²) in [7, 11) is 0. The molecule has 1 aliphatic rings. The fraction of sp³-hybridized carbons (Fsp3) is 0.500. The summed E-state index contributed by atoms with van der Waals surface area (Å²) in [5.74, 6) is 1.84. The molecular weight excluding hydrogens is 353 g/mol. The van der Waals surface area contributed by atoms with Crippen molar-refractivity contribution in [3.63, 3.8) is 0 Å². The van der Waals surface area contributed by atoms with Crippen LogP contribution in [0.4, 0.5) is 0 Å². The van der Waals surface area contributed by atoms with E-state index >= 15 is 0 Å². The Balaban J connectivity index is 0.00000180. The molecule has 2 rings (SSSR count). The maximum atomic E-state index is 5.89. The van der Waals surface area contributed by atoms with Gasteiger partial charge >= 0.3 is 0 Å². The molecule has 0 saturated carbocycles. The van der Waals surface area contributed by atoms with Crippen molar-refractivity contribution in [2.75, 3.05) is 19.6 Å². The third-order valence-electron chi connectivity index (χ3n) is 2.88. The molecule has 0 aliphatic carbocycles. The fourth-order valence-electron chi connectivity index (χ4n) is 1.84. The highest BCUT2D eigenvalue weighted by atomic mass is 127. The number of guanidine groups is 1. The molecule has 0 bridgehead atoms. The van der Waals surface area contributed by atoms with Crippen LogP contribution in [0.3, 0.4) is 0 Å². The quantitative estimate of drug-likeness (QED) is 0.795. The first-order valence-electron chi connectivity index (χ1n) is 6.50. The van der Waals surface area contributed by atoms with Crippen LogP contribution in [0.2, 0.25) is 0 Å². The number of rotatable bonds is 4. The highest BCUT2D eigenvalue weighted by Gasteiger charge is 2.08. The lowest BCUT2D eigenvalue weighted by Gasteiger charge is -2.20. The third-order valence-corrected chi connectivity index (χ3v) is 2.88. The number of aryl methyl sites for hydroxylation is 1. The average molecular weight is 375 g/mol. The molecule has 5 heteroatoms. The number of nitrogens with one attached hydrogen (secondary N) is 2. The van der Waals surface area contributed by atoms with Crippen LogP contribution in [0.25, 0.3) is 0 Å². The molecule has 0 radical (unpaired) electrons. The molecule has 0 saturated heterocycles. The van der Waals surface area contributed by atoms with E-state index in [0.717, 1.165) is 43.3 Å². The minimum Gasteiger partial charge on any atom is -0.489 e. The van der Waals surface area contributed by atoms with Crippen molar-refractivity contribution < 1.29 is 4.74 Å². The zero-order valence-electron chi connectivity index (χ0n) is 11.5. The van der Waals surface area contributed by atoms with Crippen LogP contribution in [0.5, 0.6) is 5.75 Å². The van der Waals surface area contributed by atoms with Gasteiger partial charge in [-0.2, -0.15) is 0 Å². The summed E-state index contributed by atoms with van der Waals surface area (Å²) in [6.07, 6.45) is 1.22. The summed E-state index contributed by atoms with van der Waals surface area (Å²) in [6, 6.07) is 8.07.